The molecule has 1 rings (SSSR count). The number of hydrogen-bond donors (Lipinski definition) is 1. The van der Waals surface area contributed by atoms with E-state index in [1.165, 1.54) is 14.2 Å². The van der Waals surface area contributed by atoms with Crippen molar-refractivity contribution in [2.75, 3.05) is 27.9 Å². The predicted octanol–water partition coefficient (Wildman–Crippen LogP) is 2.05. The van der Waals surface area contributed by atoms with Crippen molar-refractivity contribution in [3.05, 3.63) is 30.4 Å². The van der Waals surface area contributed by atoms with E-state index in [4.69, 9.17) is 14.2 Å². The molecule has 102 valence electrons. The molecule has 1 aromatic rings. The van der Waals surface area contributed by atoms with Gasteiger partial charge in [-0.05, 0) is 12.1 Å². The van der Waals surface area contributed by atoms with Crippen LogP contribution in [0.25, 0.3) is 0 Å². The van der Waals surface area contributed by atoms with Crippen molar-refractivity contribution in [1.82, 2.24) is 5.32 Å². The Bertz CT molecular complexity index is 480. The van der Waals surface area contributed by atoms with Gasteiger partial charge in [-0.25, -0.2) is 0 Å². The van der Waals surface area contributed by atoms with Crippen molar-refractivity contribution in [2.24, 2.45) is 0 Å². The SMILES string of the molecule is C=CCNC(C#N)c1ccc(OC)c(OC)c1OC. The Kier molecular flexibility index (Phi) is 5.71. The molecule has 0 radical (unpaired) electrons. The second-order valence-electron chi connectivity index (χ2n) is 3.68. The molecule has 5 heteroatoms. The minimum Gasteiger partial charge on any atom is -0.493 e. The normalized spacial score (nSPS) is 11.3. The van der Waals surface area contributed by atoms with Crippen LogP contribution in [0.1, 0.15) is 11.6 Å². The largest absolute Gasteiger partial charge is 0.493 e. The van der Waals surface area contributed by atoms with E-state index in [1.54, 1.807) is 25.3 Å². The lowest BCUT2D eigenvalue weighted by atomic mass is 10.1. The Hall–Kier alpha value is -2.19. The molecule has 0 aromatic heterocycles. The monoisotopic (exact) mass is 262 g/mol. The summed E-state index contributed by atoms with van der Waals surface area (Å²) in [5.41, 5.74) is 0.699. The summed E-state index contributed by atoms with van der Waals surface area (Å²) in [6.45, 7) is 4.14. The second-order valence-corrected chi connectivity index (χ2v) is 3.68. The number of methoxy groups -OCH3 is 3. The fraction of sp³-hybridized carbons (Fsp3) is 0.357. The first-order valence-electron chi connectivity index (χ1n) is 5.76. The fourth-order valence-corrected chi connectivity index (χ4v) is 1.78. The van der Waals surface area contributed by atoms with Crippen LogP contribution >= 0.6 is 0 Å². The number of hydrogen-bond acceptors (Lipinski definition) is 5. The van der Waals surface area contributed by atoms with Crippen LogP contribution < -0.4 is 19.5 Å². The molecular formula is C14H18N2O3. The number of nitrogens with one attached hydrogen (secondary N) is 1. The standard InChI is InChI=1S/C14H18N2O3/c1-5-8-16-11(9-15)10-6-7-12(17-2)14(19-4)13(10)18-3/h5-7,11,16H,1,8H2,2-4H3. The molecule has 0 aliphatic rings. The van der Waals surface area contributed by atoms with Crippen LogP contribution in [0.15, 0.2) is 24.8 Å². The van der Waals surface area contributed by atoms with Gasteiger partial charge in [0.15, 0.2) is 11.5 Å². The minimum atomic E-state index is -0.507. The van der Waals surface area contributed by atoms with E-state index in [2.05, 4.69) is 18.0 Å². The molecule has 5 nitrogen and oxygen atoms in total. The van der Waals surface area contributed by atoms with Gasteiger partial charge < -0.3 is 14.2 Å². The van der Waals surface area contributed by atoms with Crippen LogP contribution in [0.4, 0.5) is 0 Å². The molecular weight excluding hydrogens is 244 g/mol. The minimum absolute atomic E-state index is 0.475. The highest BCUT2D eigenvalue weighted by Crippen LogP contribution is 2.41. The van der Waals surface area contributed by atoms with Gasteiger partial charge in [0.25, 0.3) is 0 Å². The summed E-state index contributed by atoms with van der Waals surface area (Å²) in [6, 6.07) is 5.20. The molecule has 1 N–H and O–H groups in total. The molecule has 19 heavy (non-hydrogen) atoms. The lowest BCUT2D eigenvalue weighted by molar-refractivity contribution is 0.321. The summed E-state index contributed by atoms with van der Waals surface area (Å²) in [5, 5.41) is 12.3. The Labute approximate surface area is 113 Å². The highest BCUT2D eigenvalue weighted by molar-refractivity contribution is 5.57. The molecule has 0 amide bonds. The lowest BCUT2D eigenvalue weighted by Crippen LogP contribution is -2.20. The van der Waals surface area contributed by atoms with E-state index in [0.717, 1.165) is 0 Å². The summed E-state index contributed by atoms with van der Waals surface area (Å²) in [4.78, 5) is 0. The summed E-state index contributed by atoms with van der Waals surface area (Å²) < 4.78 is 15.8. The van der Waals surface area contributed by atoms with Gasteiger partial charge in [0.2, 0.25) is 5.75 Å². The zero-order valence-corrected chi connectivity index (χ0v) is 11.4. The van der Waals surface area contributed by atoms with Gasteiger partial charge in [0.1, 0.15) is 6.04 Å². The third kappa shape index (κ3) is 3.18. The van der Waals surface area contributed by atoms with E-state index in [9.17, 15) is 5.26 Å². The van der Waals surface area contributed by atoms with Crippen molar-refractivity contribution in [3.63, 3.8) is 0 Å². The molecule has 0 heterocycles. The number of benzene rings is 1. The van der Waals surface area contributed by atoms with Crippen LogP contribution in [-0.2, 0) is 0 Å². The first-order chi connectivity index (χ1) is 9.23. The van der Waals surface area contributed by atoms with E-state index >= 15 is 0 Å². The van der Waals surface area contributed by atoms with E-state index in [-0.39, 0.29) is 0 Å². The number of rotatable bonds is 7. The topological polar surface area (TPSA) is 63.5 Å². The smallest absolute Gasteiger partial charge is 0.203 e. The molecule has 0 saturated heterocycles. The fourth-order valence-electron chi connectivity index (χ4n) is 1.78. The molecule has 0 bridgehead atoms. The highest BCUT2D eigenvalue weighted by atomic mass is 16.5. The highest BCUT2D eigenvalue weighted by Gasteiger charge is 2.21. The van der Waals surface area contributed by atoms with Crippen molar-refractivity contribution in [1.29, 1.82) is 5.26 Å². The van der Waals surface area contributed by atoms with Crippen LogP contribution in [0.2, 0.25) is 0 Å². The van der Waals surface area contributed by atoms with E-state index in [1.807, 2.05) is 0 Å². The van der Waals surface area contributed by atoms with Gasteiger partial charge in [-0.15, -0.1) is 6.58 Å². The third-order valence-corrected chi connectivity index (χ3v) is 2.64. The molecule has 1 unspecified atom stereocenters. The molecule has 1 aromatic carbocycles. The summed E-state index contributed by atoms with van der Waals surface area (Å²) in [5.74, 6) is 1.52. The maximum atomic E-state index is 9.24. The summed E-state index contributed by atoms with van der Waals surface area (Å²) in [6.07, 6.45) is 1.69. The zero-order valence-electron chi connectivity index (χ0n) is 11.4. The van der Waals surface area contributed by atoms with Crippen LogP contribution in [0, 0.1) is 11.3 Å². The summed E-state index contributed by atoms with van der Waals surface area (Å²) >= 11 is 0. The maximum Gasteiger partial charge on any atom is 0.203 e. The van der Waals surface area contributed by atoms with Gasteiger partial charge in [-0.1, -0.05) is 6.08 Å². The van der Waals surface area contributed by atoms with E-state index < -0.39 is 6.04 Å². The van der Waals surface area contributed by atoms with Crippen molar-refractivity contribution in [3.8, 4) is 23.3 Å². The molecule has 0 fully saturated rings. The number of ether oxygens (including phenoxy) is 3. The van der Waals surface area contributed by atoms with Crippen LogP contribution in [0.3, 0.4) is 0 Å². The van der Waals surface area contributed by atoms with Gasteiger partial charge in [-0.2, -0.15) is 5.26 Å². The third-order valence-electron chi connectivity index (χ3n) is 2.64. The van der Waals surface area contributed by atoms with Crippen molar-refractivity contribution in [2.45, 2.75) is 6.04 Å². The Morgan fingerprint density at radius 3 is 2.42 bits per heavy atom. The average molecular weight is 262 g/mol. The molecule has 0 aliphatic carbocycles. The molecule has 0 spiro atoms. The Balaban J connectivity index is 3.26. The number of nitriles is 1. The zero-order chi connectivity index (χ0) is 14.3. The Morgan fingerprint density at radius 2 is 1.95 bits per heavy atom. The first-order valence-corrected chi connectivity index (χ1v) is 5.76. The van der Waals surface area contributed by atoms with E-state index in [0.29, 0.717) is 29.4 Å². The predicted molar refractivity (Wildman–Crippen MR) is 72.7 cm³/mol. The number of nitrogens with zero attached hydrogens (tertiary/aromatic N) is 1. The van der Waals surface area contributed by atoms with Gasteiger partial charge in [0.05, 0.1) is 27.4 Å². The van der Waals surface area contributed by atoms with Crippen molar-refractivity contribution >= 4 is 0 Å². The second kappa shape index (κ2) is 7.29. The van der Waals surface area contributed by atoms with Crippen LogP contribution in [-0.4, -0.2) is 27.9 Å². The Morgan fingerprint density at radius 1 is 1.26 bits per heavy atom. The maximum absolute atomic E-state index is 9.24. The first kappa shape index (κ1) is 14.9. The van der Waals surface area contributed by atoms with Gasteiger partial charge in [-0.3, -0.25) is 5.32 Å². The average Bonchev–Trinajstić information content (AvgIpc) is 2.46. The molecule has 0 aliphatic heterocycles. The van der Waals surface area contributed by atoms with Crippen LogP contribution in [0.5, 0.6) is 17.2 Å². The molecule has 0 saturated carbocycles. The lowest BCUT2D eigenvalue weighted by Gasteiger charge is -2.18. The summed E-state index contributed by atoms with van der Waals surface area (Å²) in [7, 11) is 4.61. The van der Waals surface area contributed by atoms with Gasteiger partial charge >= 0.3 is 0 Å². The van der Waals surface area contributed by atoms with Crippen molar-refractivity contribution < 1.29 is 14.2 Å². The van der Waals surface area contributed by atoms with Gasteiger partial charge in [0, 0.05) is 12.1 Å². The quantitative estimate of drug-likeness (QED) is 0.762. The molecule has 1 atom stereocenters.